The number of amides is 1. The number of rotatable bonds is 8. The number of hydrogen-bond acceptors (Lipinski definition) is 5. The number of ether oxygens (including phenoxy) is 3. The second-order valence-electron chi connectivity index (χ2n) is 7.66. The average Bonchev–Trinajstić information content (AvgIpc) is 2.76. The summed E-state index contributed by atoms with van der Waals surface area (Å²) in [6, 6.07) is 12.8. The lowest BCUT2D eigenvalue weighted by atomic mass is 9.79. The summed E-state index contributed by atoms with van der Waals surface area (Å²) >= 11 is 0. The molecule has 1 aliphatic rings. The Morgan fingerprint density at radius 2 is 1.61 bits per heavy atom. The largest absolute Gasteiger partial charge is 0.490 e. The number of nitrogens with one attached hydrogen (secondary N) is 1. The molecule has 1 aliphatic carbocycles. The van der Waals surface area contributed by atoms with Crippen molar-refractivity contribution in [1.29, 1.82) is 0 Å². The highest BCUT2D eigenvalue weighted by atomic mass is 16.5. The third-order valence-corrected chi connectivity index (χ3v) is 5.46. The summed E-state index contributed by atoms with van der Waals surface area (Å²) in [5.41, 5.74) is 1.70. The molecule has 31 heavy (non-hydrogen) atoms. The van der Waals surface area contributed by atoms with Crippen LogP contribution < -0.4 is 19.5 Å². The van der Waals surface area contributed by atoms with Crippen LogP contribution in [0.25, 0.3) is 0 Å². The number of hydrogen-bond donors (Lipinski definition) is 1. The molecule has 0 aromatic heterocycles. The fourth-order valence-corrected chi connectivity index (χ4v) is 4.09. The van der Waals surface area contributed by atoms with E-state index in [4.69, 9.17) is 14.2 Å². The van der Waals surface area contributed by atoms with Crippen LogP contribution in [-0.2, 0) is 4.79 Å². The van der Waals surface area contributed by atoms with Crippen LogP contribution >= 0.6 is 0 Å². The van der Waals surface area contributed by atoms with Gasteiger partial charge in [-0.05, 0) is 68.7 Å². The Hall–Kier alpha value is -3.02. The molecule has 1 fully saturated rings. The Balaban J connectivity index is 1.75. The van der Waals surface area contributed by atoms with E-state index in [0.29, 0.717) is 24.5 Å². The number of benzene rings is 2. The van der Waals surface area contributed by atoms with Crippen molar-refractivity contribution >= 4 is 11.9 Å². The van der Waals surface area contributed by atoms with E-state index in [1.165, 1.54) is 6.92 Å². The second-order valence-corrected chi connectivity index (χ2v) is 7.66. The molecule has 166 valence electrons. The summed E-state index contributed by atoms with van der Waals surface area (Å²) < 4.78 is 16.5. The van der Waals surface area contributed by atoms with E-state index in [0.717, 1.165) is 42.7 Å². The average molecular weight is 426 g/mol. The first-order valence-corrected chi connectivity index (χ1v) is 11.0. The summed E-state index contributed by atoms with van der Waals surface area (Å²) in [7, 11) is 0. The molecule has 0 radical (unpaired) electrons. The van der Waals surface area contributed by atoms with E-state index in [1.807, 2.05) is 19.9 Å². The van der Waals surface area contributed by atoms with Crippen LogP contribution in [-0.4, -0.2) is 31.1 Å². The highest BCUT2D eigenvalue weighted by Crippen LogP contribution is 2.38. The van der Waals surface area contributed by atoms with E-state index >= 15 is 0 Å². The summed E-state index contributed by atoms with van der Waals surface area (Å²) in [5.74, 6) is 1.63. The van der Waals surface area contributed by atoms with Crippen LogP contribution in [0.15, 0.2) is 42.5 Å². The zero-order valence-corrected chi connectivity index (χ0v) is 18.5. The van der Waals surface area contributed by atoms with Crippen molar-refractivity contribution in [1.82, 2.24) is 5.32 Å². The molecule has 1 amide bonds. The molecule has 0 heterocycles. The number of carbonyl (C=O) groups is 2. The Kier molecular flexibility index (Phi) is 7.93. The van der Waals surface area contributed by atoms with Crippen molar-refractivity contribution in [2.45, 2.75) is 58.4 Å². The second kappa shape index (κ2) is 10.8. The third kappa shape index (κ3) is 6.00. The molecule has 0 aliphatic heterocycles. The molecule has 2 atom stereocenters. The summed E-state index contributed by atoms with van der Waals surface area (Å²) in [6.07, 6.45) is 4.16. The van der Waals surface area contributed by atoms with Crippen LogP contribution in [0, 0.1) is 0 Å². The van der Waals surface area contributed by atoms with Gasteiger partial charge in [-0.3, -0.25) is 9.59 Å². The zero-order chi connectivity index (χ0) is 22.2. The summed E-state index contributed by atoms with van der Waals surface area (Å²) in [4.78, 5) is 23.9. The lowest BCUT2D eigenvalue weighted by molar-refractivity contribution is -0.131. The monoisotopic (exact) mass is 425 g/mol. The predicted octanol–water partition coefficient (Wildman–Crippen LogP) is 4.87. The van der Waals surface area contributed by atoms with Crippen molar-refractivity contribution in [2.75, 3.05) is 13.2 Å². The fraction of sp³-hybridized carbons (Fsp3) is 0.440. The predicted molar refractivity (Wildman–Crippen MR) is 119 cm³/mol. The van der Waals surface area contributed by atoms with Crippen molar-refractivity contribution < 1.29 is 23.8 Å². The topological polar surface area (TPSA) is 73.9 Å². The van der Waals surface area contributed by atoms with E-state index in [-0.39, 0.29) is 23.8 Å². The maximum Gasteiger partial charge on any atom is 0.308 e. The van der Waals surface area contributed by atoms with Crippen LogP contribution in [0.5, 0.6) is 17.2 Å². The molecule has 6 nitrogen and oxygen atoms in total. The van der Waals surface area contributed by atoms with E-state index in [9.17, 15) is 9.59 Å². The summed E-state index contributed by atoms with van der Waals surface area (Å²) in [5, 5.41) is 3.22. The first-order valence-electron chi connectivity index (χ1n) is 11.0. The minimum atomic E-state index is -0.385. The van der Waals surface area contributed by atoms with E-state index < -0.39 is 0 Å². The van der Waals surface area contributed by atoms with Crippen molar-refractivity contribution in [3.63, 3.8) is 0 Å². The molecule has 6 heteroatoms. The molecule has 1 saturated carbocycles. The highest BCUT2D eigenvalue weighted by Gasteiger charge is 2.29. The maximum atomic E-state index is 12.9. The minimum absolute atomic E-state index is 0.0433. The van der Waals surface area contributed by atoms with Gasteiger partial charge in [0.2, 0.25) is 0 Å². The molecule has 2 aromatic rings. The lowest BCUT2D eigenvalue weighted by Crippen LogP contribution is -2.41. The van der Waals surface area contributed by atoms with E-state index in [1.54, 1.807) is 24.3 Å². The van der Waals surface area contributed by atoms with Gasteiger partial charge in [-0.2, -0.15) is 0 Å². The smallest absolute Gasteiger partial charge is 0.308 e. The number of esters is 1. The van der Waals surface area contributed by atoms with Gasteiger partial charge in [0.25, 0.3) is 5.91 Å². The van der Waals surface area contributed by atoms with Gasteiger partial charge in [-0.1, -0.05) is 18.9 Å². The van der Waals surface area contributed by atoms with Gasteiger partial charge in [0.15, 0.2) is 11.5 Å². The van der Waals surface area contributed by atoms with Crippen LogP contribution in [0.1, 0.15) is 68.3 Å². The van der Waals surface area contributed by atoms with Crippen molar-refractivity contribution in [2.24, 2.45) is 0 Å². The quantitative estimate of drug-likeness (QED) is 0.483. The Labute approximate surface area is 183 Å². The molecule has 0 spiro atoms. The molecule has 2 aromatic carbocycles. The van der Waals surface area contributed by atoms with Crippen molar-refractivity contribution in [3.8, 4) is 17.2 Å². The fourth-order valence-electron chi connectivity index (χ4n) is 4.09. The lowest BCUT2D eigenvalue weighted by Gasteiger charge is -2.33. The Bertz CT molecular complexity index is 893. The van der Waals surface area contributed by atoms with Gasteiger partial charge in [0, 0.05) is 24.4 Å². The van der Waals surface area contributed by atoms with Gasteiger partial charge in [-0.15, -0.1) is 0 Å². The summed E-state index contributed by atoms with van der Waals surface area (Å²) in [6.45, 7) is 6.41. The van der Waals surface area contributed by atoms with Crippen LogP contribution in [0.4, 0.5) is 0 Å². The van der Waals surface area contributed by atoms with Gasteiger partial charge in [0.05, 0.1) is 13.2 Å². The standard InChI is InChI=1S/C25H31NO5/c1-4-29-23-15-12-19(16-24(23)30-5-2)21-8-6-7-9-22(21)26-25(28)18-10-13-20(14-11-18)31-17(3)27/h10-16,21-22H,4-9H2,1-3H3,(H,26,28)/t21-,22-/m1/s1. The highest BCUT2D eigenvalue weighted by molar-refractivity contribution is 5.94. The normalized spacial score (nSPS) is 18.2. The number of carbonyl (C=O) groups excluding carboxylic acids is 2. The Morgan fingerprint density at radius 1 is 0.935 bits per heavy atom. The first kappa shape index (κ1) is 22.7. The van der Waals surface area contributed by atoms with Gasteiger partial charge in [0.1, 0.15) is 5.75 Å². The van der Waals surface area contributed by atoms with Crippen LogP contribution in [0.2, 0.25) is 0 Å². The third-order valence-electron chi connectivity index (χ3n) is 5.46. The molecular formula is C25H31NO5. The maximum absolute atomic E-state index is 12.9. The van der Waals surface area contributed by atoms with Crippen LogP contribution in [0.3, 0.4) is 0 Å². The molecule has 0 saturated heterocycles. The minimum Gasteiger partial charge on any atom is -0.490 e. The Morgan fingerprint density at radius 3 is 2.29 bits per heavy atom. The van der Waals surface area contributed by atoms with Gasteiger partial charge >= 0.3 is 5.97 Å². The first-order chi connectivity index (χ1) is 15.0. The molecule has 3 rings (SSSR count). The SMILES string of the molecule is CCOc1ccc([C@H]2CCCC[C@H]2NC(=O)c2ccc(OC(C)=O)cc2)cc1OCC. The van der Waals surface area contributed by atoms with Gasteiger partial charge in [-0.25, -0.2) is 0 Å². The van der Waals surface area contributed by atoms with E-state index in [2.05, 4.69) is 17.4 Å². The molecule has 0 unspecified atom stereocenters. The molecular weight excluding hydrogens is 394 g/mol. The zero-order valence-electron chi connectivity index (χ0n) is 18.5. The molecule has 1 N–H and O–H groups in total. The van der Waals surface area contributed by atoms with Crippen molar-refractivity contribution in [3.05, 3.63) is 53.6 Å². The molecule has 0 bridgehead atoms. The van der Waals surface area contributed by atoms with Gasteiger partial charge < -0.3 is 19.5 Å².